The maximum absolute atomic E-state index is 11.7. The molecule has 0 aliphatic heterocycles. The van der Waals surface area contributed by atoms with Gasteiger partial charge in [0.15, 0.2) is 0 Å². The number of ether oxygens (including phenoxy) is 1. The van der Waals surface area contributed by atoms with Gasteiger partial charge in [0, 0.05) is 19.7 Å². The third-order valence-electron chi connectivity index (χ3n) is 2.47. The van der Waals surface area contributed by atoms with Crippen molar-refractivity contribution < 1.29 is 14.3 Å². The number of likely N-dealkylation sites (N-methyl/N-ethyl adjacent to an activating group) is 1. The van der Waals surface area contributed by atoms with Crippen LogP contribution in [0.3, 0.4) is 0 Å². The molecule has 1 amide bonds. The van der Waals surface area contributed by atoms with Gasteiger partial charge in [-0.05, 0) is 11.6 Å². The van der Waals surface area contributed by atoms with Gasteiger partial charge in [-0.3, -0.25) is 9.59 Å². The summed E-state index contributed by atoms with van der Waals surface area (Å²) in [5.41, 5.74) is 0.965. The lowest BCUT2D eigenvalue weighted by Gasteiger charge is -2.13. The van der Waals surface area contributed by atoms with Crippen molar-refractivity contribution in [3.05, 3.63) is 42.0 Å². The Morgan fingerprint density at radius 3 is 2.56 bits per heavy atom. The summed E-state index contributed by atoms with van der Waals surface area (Å²) in [6.45, 7) is 0.352. The number of benzene rings is 1. The number of methoxy groups -OCH3 is 1. The Balaban J connectivity index is 2.45. The highest BCUT2D eigenvalue weighted by Crippen LogP contribution is 2.02. The minimum absolute atomic E-state index is 0.136. The highest BCUT2D eigenvalue weighted by Gasteiger charge is 2.07. The molecule has 0 saturated heterocycles. The maximum Gasteiger partial charge on any atom is 0.307 e. The van der Waals surface area contributed by atoms with Gasteiger partial charge in [0.25, 0.3) is 0 Å². The zero-order chi connectivity index (χ0) is 13.4. The summed E-state index contributed by atoms with van der Waals surface area (Å²) in [5, 5.41) is 0. The van der Waals surface area contributed by atoms with E-state index in [4.69, 9.17) is 0 Å². The fourth-order valence-electron chi connectivity index (χ4n) is 1.33. The van der Waals surface area contributed by atoms with Gasteiger partial charge in [-0.1, -0.05) is 30.3 Å². The van der Waals surface area contributed by atoms with Crippen molar-refractivity contribution in [1.29, 1.82) is 0 Å². The summed E-state index contributed by atoms with van der Waals surface area (Å²) < 4.78 is 4.51. The maximum atomic E-state index is 11.7. The molecular weight excluding hydrogens is 230 g/mol. The van der Waals surface area contributed by atoms with Crippen LogP contribution in [0.4, 0.5) is 0 Å². The average molecular weight is 247 g/mol. The van der Waals surface area contributed by atoms with E-state index in [1.54, 1.807) is 13.1 Å². The Labute approximate surface area is 107 Å². The molecule has 0 spiro atoms. The summed E-state index contributed by atoms with van der Waals surface area (Å²) in [5.74, 6) is -0.454. The van der Waals surface area contributed by atoms with Crippen LogP contribution in [0.25, 0.3) is 6.08 Å². The molecule has 0 radical (unpaired) electrons. The Morgan fingerprint density at radius 1 is 1.28 bits per heavy atom. The van der Waals surface area contributed by atoms with Gasteiger partial charge in [-0.25, -0.2) is 0 Å². The van der Waals surface area contributed by atoms with E-state index in [9.17, 15) is 9.59 Å². The fraction of sp³-hybridized carbons (Fsp3) is 0.286. The fourth-order valence-corrected chi connectivity index (χ4v) is 1.33. The third-order valence-corrected chi connectivity index (χ3v) is 2.47. The van der Waals surface area contributed by atoms with Crippen LogP contribution in [0.1, 0.15) is 12.0 Å². The number of amides is 1. The van der Waals surface area contributed by atoms with Crippen LogP contribution in [-0.4, -0.2) is 37.5 Å². The number of hydrogen-bond donors (Lipinski definition) is 0. The largest absolute Gasteiger partial charge is 0.469 e. The molecule has 0 heterocycles. The molecule has 0 aromatic heterocycles. The predicted molar refractivity (Wildman–Crippen MR) is 69.7 cm³/mol. The second-order valence-electron chi connectivity index (χ2n) is 3.83. The van der Waals surface area contributed by atoms with E-state index < -0.39 is 0 Å². The lowest BCUT2D eigenvalue weighted by molar-refractivity contribution is -0.141. The van der Waals surface area contributed by atoms with Crippen LogP contribution < -0.4 is 0 Å². The SMILES string of the molecule is COC(=O)CCN(C)C(=O)/C=C/c1ccccc1. The van der Waals surface area contributed by atoms with Crippen molar-refractivity contribution in [1.82, 2.24) is 4.90 Å². The molecule has 4 nitrogen and oxygen atoms in total. The summed E-state index contributed by atoms with van der Waals surface area (Å²) in [6.07, 6.45) is 3.45. The normalized spacial score (nSPS) is 10.3. The van der Waals surface area contributed by atoms with Crippen LogP contribution in [0.15, 0.2) is 36.4 Å². The molecule has 0 N–H and O–H groups in total. The van der Waals surface area contributed by atoms with Crippen LogP contribution >= 0.6 is 0 Å². The van der Waals surface area contributed by atoms with Crippen LogP contribution in [-0.2, 0) is 14.3 Å². The second kappa shape index (κ2) is 7.27. The van der Waals surface area contributed by atoms with Gasteiger partial charge in [0.05, 0.1) is 13.5 Å². The highest BCUT2D eigenvalue weighted by atomic mass is 16.5. The van der Waals surface area contributed by atoms with Gasteiger partial charge >= 0.3 is 5.97 Å². The molecule has 0 aliphatic carbocycles. The van der Waals surface area contributed by atoms with Crippen LogP contribution in [0, 0.1) is 0 Å². The standard InChI is InChI=1S/C14H17NO3/c1-15(11-10-14(17)18-2)13(16)9-8-12-6-4-3-5-7-12/h3-9H,10-11H2,1-2H3/b9-8+. The van der Waals surface area contributed by atoms with Gasteiger partial charge in [0.2, 0.25) is 5.91 Å². The molecule has 0 aliphatic rings. The Bertz CT molecular complexity index is 426. The first-order chi connectivity index (χ1) is 8.63. The van der Waals surface area contributed by atoms with E-state index in [1.165, 1.54) is 18.1 Å². The smallest absolute Gasteiger partial charge is 0.307 e. The van der Waals surface area contributed by atoms with E-state index in [2.05, 4.69) is 4.74 Å². The summed E-state index contributed by atoms with van der Waals surface area (Å²) in [7, 11) is 2.99. The summed E-state index contributed by atoms with van der Waals surface area (Å²) in [4.78, 5) is 24.1. The number of carbonyl (C=O) groups is 2. The second-order valence-corrected chi connectivity index (χ2v) is 3.83. The zero-order valence-corrected chi connectivity index (χ0v) is 10.6. The average Bonchev–Trinajstić information content (AvgIpc) is 2.42. The van der Waals surface area contributed by atoms with Crippen molar-refractivity contribution in [3.63, 3.8) is 0 Å². The number of hydrogen-bond acceptors (Lipinski definition) is 3. The summed E-state index contributed by atoms with van der Waals surface area (Å²) >= 11 is 0. The lowest BCUT2D eigenvalue weighted by Crippen LogP contribution is -2.27. The molecule has 0 fully saturated rings. The van der Waals surface area contributed by atoms with E-state index in [1.807, 2.05) is 30.3 Å². The van der Waals surface area contributed by atoms with E-state index in [0.29, 0.717) is 6.54 Å². The highest BCUT2D eigenvalue weighted by molar-refractivity contribution is 5.91. The first-order valence-electron chi connectivity index (χ1n) is 5.68. The van der Waals surface area contributed by atoms with Crippen molar-refractivity contribution in [2.45, 2.75) is 6.42 Å². The van der Waals surface area contributed by atoms with Crippen molar-refractivity contribution in [3.8, 4) is 0 Å². The number of esters is 1. The first-order valence-corrected chi connectivity index (χ1v) is 5.68. The Hall–Kier alpha value is -2.10. The number of carbonyl (C=O) groups excluding carboxylic acids is 2. The molecule has 18 heavy (non-hydrogen) atoms. The number of rotatable bonds is 5. The lowest BCUT2D eigenvalue weighted by atomic mass is 10.2. The molecule has 0 saturated carbocycles. The van der Waals surface area contributed by atoms with E-state index in [-0.39, 0.29) is 18.3 Å². The summed E-state index contributed by atoms with van der Waals surface area (Å²) in [6, 6.07) is 9.56. The zero-order valence-electron chi connectivity index (χ0n) is 10.6. The molecule has 0 unspecified atom stereocenters. The topological polar surface area (TPSA) is 46.6 Å². The minimum Gasteiger partial charge on any atom is -0.469 e. The number of nitrogens with zero attached hydrogens (tertiary/aromatic N) is 1. The first kappa shape index (κ1) is 14.0. The van der Waals surface area contributed by atoms with Crippen molar-refractivity contribution >= 4 is 18.0 Å². The van der Waals surface area contributed by atoms with Gasteiger partial charge in [-0.15, -0.1) is 0 Å². The monoisotopic (exact) mass is 247 g/mol. The van der Waals surface area contributed by atoms with Crippen molar-refractivity contribution in [2.75, 3.05) is 20.7 Å². The van der Waals surface area contributed by atoms with Gasteiger partial charge in [-0.2, -0.15) is 0 Å². The molecule has 1 rings (SSSR count). The molecule has 1 aromatic carbocycles. The molecule has 4 heteroatoms. The Kier molecular flexibility index (Phi) is 5.64. The third kappa shape index (κ3) is 4.82. The molecule has 0 bridgehead atoms. The van der Waals surface area contributed by atoms with Crippen LogP contribution in [0.5, 0.6) is 0 Å². The quantitative estimate of drug-likeness (QED) is 0.588. The molecular formula is C14H17NO3. The molecule has 96 valence electrons. The van der Waals surface area contributed by atoms with E-state index >= 15 is 0 Å². The molecule has 0 atom stereocenters. The predicted octanol–water partition coefficient (Wildman–Crippen LogP) is 1.72. The van der Waals surface area contributed by atoms with E-state index in [0.717, 1.165) is 5.56 Å². The van der Waals surface area contributed by atoms with Crippen LogP contribution in [0.2, 0.25) is 0 Å². The van der Waals surface area contributed by atoms with Crippen molar-refractivity contribution in [2.24, 2.45) is 0 Å². The van der Waals surface area contributed by atoms with Gasteiger partial charge in [0.1, 0.15) is 0 Å². The molecule has 1 aromatic rings. The minimum atomic E-state index is -0.318. The van der Waals surface area contributed by atoms with Gasteiger partial charge < -0.3 is 9.64 Å². The Morgan fingerprint density at radius 2 is 1.94 bits per heavy atom.